The minimum absolute atomic E-state index is 0.459. The van der Waals surface area contributed by atoms with Gasteiger partial charge >= 0.3 is 0 Å². The third-order valence-corrected chi connectivity index (χ3v) is 7.34. The number of rotatable bonds is 0. The van der Waals surface area contributed by atoms with Crippen molar-refractivity contribution in [2.45, 2.75) is 33.1 Å². The van der Waals surface area contributed by atoms with Gasteiger partial charge in [0.2, 0.25) is 0 Å². The number of fused-ring (bicyclic) bond motifs is 10. The minimum Gasteiger partial charge on any atom is -0.192 e. The first-order valence-electron chi connectivity index (χ1n) is 11.4. The molecule has 0 saturated carbocycles. The van der Waals surface area contributed by atoms with Crippen molar-refractivity contribution in [3.63, 3.8) is 0 Å². The van der Waals surface area contributed by atoms with Crippen LogP contribution in [0.5, 0.6) is 0 Å². The highest BCUT2D eigenvalue weighted by atomic mass is 31.0. The monoisotopic (exact) mass is 444 g/mol. The molecule has 3 aromatic carbocycles. The Hall–Kier alpha value is -3.71. The van der Waals surface area contributed by atoms with Crippen LogP contribution in [0.1, 0.15) is 60.8 Å². The maximum Gasteiger partial charge on any atom is 0.0991 e. The maximum atomic E-state index is 9.60. The second-order valence-electron chi connectivity index (χ2n) is 7.44. The average molecular weight is 445 g/mol. The van der Waals surface area contributed by atoms with Gasteiger partial charge in [-0.3, -0.25) is 0 Å². The van der Waals surface area contributed by atoms with Gasteiger partial charge in [-0.2, -0.15) is 10.5 Å². The normalized spacial score (nSPS) is 12.7. The molecule has 1 aromatic heterocycles. The minimum atomic E-state index is -0.459. The van der Waals surface area contributed by atoms with Crippen molar-refractivity contribution < 1.29 is 0 Å². The van der Waals surface area contributed by atoms with Crippen LogP contribution in [0.15, 0.2) is 78.6 Å². The quantitative estimate of drug-likeness (QED) is 0.236. The average Bonchev–Trinajstić information content (AvgIpc) is 3.37. The van der Waals surface area contributed by atoms with E-state index in [4.69, 9.17) is 0 Å². The molecule has 2 aliphatic carbocycles. The van der Waals surface area contributed by atoms with Crippen molar-refractivity contribution >= 4 is 8.19 Å². The molecule has 3 heteroatoms. The van der Waals surface area contributed by atoms with Crippen LogP contribution in [0.4, 0.5) is 0 Å². The second-order valence-corrected chi connectivity index (χ2v) is 8.44. The van der Waals surface area contributed by atoms with Gasteiger partial charge in [-0.15, -0.1) is 0 Å². The SMILES string of the molecule is CC.CC.N#Cc1ccc2c(c1)C1(c3cc(C#N)ccc3-2)c2ccccc2-c2cccpc21. The molecule has 6 rings (SSSR count). The van der Waals surface area contributed by atoms with Crippen LogP contribution in [0, 0.1) is 22.7 Å². The zero-order valence-electron chi connectivity index (χ0n) is 19.3. The van der Waals surface area contributed by atoms with Gasteiger partial charge in [0.15, 0.2) is 0 Å². The van der Waals surface area contributed by atoms with Crippen molar-refractivity contribution in [1.29, 1.82) is 10.5 Å². The summed E-state index contributed by atoms with van der Waals surface area (Å²) in [5.74, 6) is 2.17. The van der Waals surface area contributed by atoms with E-state index < -0.39 is 5.41 Å². The molecule has 0 N–H and O–H groups in total. The smallest absolute Gasteiger partial charge is 0.0991 e. The topological polar surface area (TPSA) is 47.6 Å². The van der Waals surface area contributed by atoms with Gasteiger partial charge in [-0.1, -0.05) is 84.4 Å². The molecule has 160 valence electrons. The summed E-state index contributed by atoms with van der Waals surface area (Å²) in [5, 5.41) is 20.5. The Morgan fingerprint density at radius 3 is 1.70 bits per heavy atom. The number of nitriles is 2. The van der Waals surface area contributed by atoms with E-state index in [1.807, 2.05) is 52.0 Å². The van der Waals surface area contributed by atoms with E-state index in [9.17, 15) is 10.5 Å². The van der Waals surface area contributed by atoms with Crippen molar-refractivity contribution in [3.8, 4) is 34.4 Å². The molecule has 0 aliphatic heterocycles. The van der Waals surface area contributed by atoms with E-state index in [0.717, 1.165) is 30.4 Å². The summed E-state index contributed by atoms with van der Waals surface area (Å²) in [6, 6.07) is 29.5. The highest BCUT2D eigenvalue weighted by molar-refractivity contribution is 7.30. The predicted molar refractivity (Wildman–Crippen MR) is 137 cm³/mol. The molecule has 0 amide bonds. The van der Waals surface area contributed by atoms with Crippen molar-refractivity contribution in [3.05, 3.63) is 112 Å². The molecule has 2 aliphatic rings. The molecule has 0 fully saturated rings. The fourth-order valence-corrected chi connectivity index (χ4v) is 6.31. The first kappa shape index (κ1) is 22.5. The van der Waals surface area contributed by atoms with E-state index in [1.165, 1.54) is 22.0 Å². The van der Waals surface area contributed by atoms with E-state index in [2.05, 4.69) is 66.5 Å². The summed E-state index contributed by atoms with van der Waals surface area (Å²) in [6.45, 7) is 8.00. The molecule has 1 spiro atoms. The molecule has 0 atom stereocenters. The highest BCUT2D eigenvalue weighted by Crippen LogP contribution is 2.64. The van der Waals surface area contributed by atoms with Crippen LogP contribution in [0.25, 0.3) is 22.3 Å². The van der Waals surface area contributed by atoms with Gasteiger partial charge in [0, 0.05) is 5.30 Å². The van der Waals surface area contributed by atoms with Gasteiger partial charge in [-0.05, 0) is 69.0 Å². The van der Waals surface area contributed by atoms with Gasteiger partial charge in [0.1, 0.15) is 0 Å². The lowest BCUT2D eigenvalue weighted by atomic mass is 9.73. The lowest BCUT2D eigenvalue weighted by molar-refractivity contribution is 0.810. The molecule has 0 bridgehead atoms. The molecule has 0 saturated heterocycles. The van der Waals surface area contributed by atoms with Crippen LogP contribution < -0.4 is 0 Å². The summed E-state index contributed by atoms with van der Waals surface area (Å²) in [5.41, 5.74) is 9.20. The third-order valence-electron chi connectivity index (χ3n) is 6.18. The van der Waals surface area contributed by atoms with E-state index in [-0.39, 0.29) is 0 Å². The van der Waals surface area contributed by atoms with Gasteiger partial charge in [0.25, 0.3) is 0 Å². The fourth-order valence-electron chi connectivity index (χ4n) is 5.10. The van der Waals surface area contributed by atoms with Crippen LogP contribution in [-0.2, 0) is 5.41 Å². The molecule has 4 aromatic rings. The summed E-state index contributed by atoms with van der Waals surface area (Å²) < 4.78 is 0. The second kappa shape index (κ2) is 9.03. The van der Waals surface area contributed by atoms with Crippen molar-refractivity contribution in [2.75, 3.05) is 0 Å². The van der Waals surface area contributed by atoms with Gasteiger partial charge in [0.05, 0.1) is 28.7 Å². The Morgan fingerprint density at radius 1 is 0.606 bits per heavy atom. The van der Waals surface area contributed by atoms with Crippen molar-refractivity contribution in [1.82, 2.24) is 0 Å². The maximum absolute atomic E-state index is 9.60. The molecule has 0 unspecified atom stereocenters. The molecule has 2 nitrogen and oxygen atoms in total. The number of hydrogen-bond donors (Lipinski definition) is 0. The summed E-state index contributed by atoms with van der Waals surface area (Å²) in [6.07, 6.45) is 0. The van der Waals surface area contributed by atoms with Crippen LogP contribution in [0.3, 0.4) is 0 Å². The number of hydrogen-bond acceptors (Lipinski definition) is 2. The Balaban J connectivity index is 0.000000617. The standard InChI is InChI=1S/C26H13N2P.2C2H6/c27-14-16-7-9-19-20-10-8-17(15-28)13-24(20)26(23(19)12-16)22-6-2-1-4-18(22)21-5-3-11-29-25(21)26;2*1-2/h1-13H;2*1-2H3. The third kappa shape index (κ3) is 3.03. The fraction of sp³-hybridized carbons (Fsp3) is 0.167. The van der Waals surface area contributed by atoms with Crippen LogP contribution >= 0.6 is 8.19 Å². The van der Waals surface area contributed by atoms with Crippen LogP contribution in [0.2, 0.25) is 0 Å². The Bertz CT molecular complexity index is 1330. The van der Waals surface area contributed by atoms with Gasteiger partial charge < -0.3 is 0 Å². The van der Waals surface area contributed by atoms with Crippen molar-refractivity contribution in [2.24, 2.45) is 0 Å². The van der Waals surface area contributed by atoms with Gasteiger partial charge in [-0.25, -0.2) is 0 Å². The van der Waals surface area contributed by atoms with E-state index in [0.29, 0.717) is 11.1 Å². The molecule has 0 radical (unpaired) electrons. The Labute approximate surface area is 197 Å². The molecular formula is C30H25N2P. The summed E-state index contributed by atoms with van der Waals surface area (Å²) >= 11 is 0. The van der Waals surface area contributed by atoms with E-state index >= 15 is 0 Å². The first-order valence-corrected chi connectivity index (χ1v) is 12.4. The lowest BCUT2D eigenvalue weighted by Gasteiger charge is -2.30. The van der Waals surface area contributed by atoms with E-state index in [1.54, 1.807) is 0 Å². The largest absolute Gasteiger partial charge is 0.192 e. The number of benzene rings is 3. The Kier molecular flexibility index (Phi) is 6.16. The number of nitrogens with zero attached hydrogens (tertiary/aromatic N) is 2. The molecular weight excluding hydrogens is 419 g/mol. The first-order chi connectivity index (χ1) is 16.3. The predicted octanol–water partition coefficient (Wildman–Crippen LogP) is 8.41. The summed E-state index contributed by atoms with van der Waals surface area (Å²) in [4.78, 5) is 0. The molecule has 1 heterocycles. The zero-order chi connectivity index (χ0) is 23.6. The summed E-state index contributed by atoms with van der Waals surface area (Å²) in [7, 11) is 1.15. The highest BCUT2D eigenvalue weighted by Gasteiger charge is 2.52. The Morgan fingerprint density at radius 2 is 1.12 bits per heavy atom. The van der Waals surface area contributed by atoms with Crippen LogP contribution in [-0.4, -0.2) is 0 Å². The molecule has 33 heavy (non-hydrogen) atoms. The lowest BCUT2D eigenvalue weighted by Crippen LogP contribution is -2.25. The zero-order valence-corrected chi connectivity index (χ0v) is 20.2.